The van der Waals surface area contributed by atoms with Crippen molar-refractivity contribution in [3.63, 3.8) is 0 Å². The molecule has 3 atom stereocenters. The van der Waals surface area contributed by atoms with Crippen molar-refractivity contribution in [1.29, 1.82) is 0 Å². The number of aromatic nitrogens is 1. The molecular formula is C32H26F3N3O6S2. The van der Waals surface area contributed by atoms with Crippen LogP contribution in [0, 0.1) is 12.8 Å². The number of nitrogens with zero attached hydrogens (tertiary/aromatic N) is 2. The Morgan fingerprint density at radius 3 is 2.37 bits per heavy atom. The predicted octanol–water partition coefficient (Wildman–Crippen LogP) is 5.69. The van der Waals surface area contributed by atoms with E-state index in [1.807, 2.05) is 13.0 Å². The lowest BCUT2D eigenvalue weighted by Crippen LogP contribution is -2.33. The third-order valence-corrected chi connectivity index (χ3v) is 10.5. The third kappa shape index (κ3) is 5.45. The number of thiazole rings is 1. The van der Waals surface area contributed by atoms with Gasteiger partial charge < -0.3 is 14.8 Å². The summed E-state index contributed by atoms with van der Waals surface area (Å²) in [6.45, 7) is 1.48. The van der Waals surface area contributed by atoms with E-state index in [0.717, 1.165) is 40.8 Å². The van der Waals surface area contributed by atoms with E-state index in [-0.39, 0.29) is 6.54 Å². The number of para-hydroxylation sites is 1. The van der Waals surface area contributed by atoms with Gasteiger partial charge in [-0.15, -0.1) is 0 Å². The van der Waals surface area contributed by atoms with E-state index in [1.54, 1.807) is 36.4 Å². The molecule has 2 aliphatic rings. The standard InChI is InChI=1S/C32H26F3N3O6S2/c1-16-7-6-8-18(13-16)36-23(39)15-37-30-27(46-31(37)42)24(17-11-12-21(43-2)22(14-17)44-3)25-26(45-30)29(41)38(28(25)40)20-10-5-4-9-19(20)32(33,34)35/h4-14,24-26H,15H2,1-3H3,(H,36,39). The number of alkyl halides is 3. The average Bonchev–Trinajstić information content (AvgIpc) is 3.46. The molecule has 1 saturated heterocycles. The molecule has 3 heterocycles. The third-order valence-electron chi connectivity index (χ3n) is 7.87. The molecule has 0 saturated carbocycles. The quantitative estimate of drug-likeness (QED) is 0.252. The van der Waals surface area contributed by atoms with Gasteiger partial charge in [-0.1, -0.05) is 53.4 Å². The van der Waals surface area contributed by atoms with E-state index < -0.39 is 57.1 Å². The summed E-state index contributed by atoms with van der Waals surface area (Å²) in [6.07, 6.45) is -4.83. The molecule has 0 aliphatic carbocycles. The summed E-state index contributed by atoms with van der Waals surface area (Å²) in [4.78, 5) is 55.1. The van der Waals surface area contributed by atoms with Crippen LogP contribution in [-0.2, 0) is 27.1 Å². The Morgan fingerprint density at radius 2 is 1.67 bits per heavy atom. The highest BCUT2D eigenvalue weighted by molar-refractivity contribution is 8.00. The Balaban J connectivity index is 1.46. The highest BCUT2D eigenvalue weighted by Crippen LogP contribution is 2.55. The van der Waals surface area contributed by atoms with Gasteiger partial charge in [-0.3, -0.25) is 23.7 Å². The number of aryl methyl sites for hydroxylation is 1. The van der Waals surface area contributed by atoms with Crippen molar-refractivity contribution in [3.8, 4) is 11.5 Å². The number of ether oxygens (including phenoxy) is 2. The highest BCUT2D eigenvalue weighted by Gasteiger charge is 2.58. The van der Waals surface area contributed by atoms with Crippen molar-refractivity contribution in [2.75, 3.05) is 24.4 Å². The molecule has 3 aromatic carbocycles. The van der Waals surface area contributed by atoms with Crippen LogP contribution in [0.25, 0.3) is 0 Å². The number of benzene rings is 3. The maximum atomic E-state index is 14.1. The number of hydrogen-bond acceptors (Lipinski definition) is 8. The molecule has 0 spiro atoms. The topological polar surface area (TPSA) is 107 Å². The summed E-state index contributed by atoms with van der Waals surface area (Å²) < 4.78 is 54.2. The van der Waals surface area contributed by atoms with Gasteiger partial charge in [0.15, 0.2) is 11.5 Å². The van der Waals surface area contributed by atoms with Crippen molar-refractivity contribution in [2.45, 2.75) is 35.8 Å². The smallest absolute Gasteiger partial charge is 0.418 e. The largest absolute Gasteiger partial charge is 0.493 e. The van der Waals surface area contributed by atoms with E-state index >= 15 is 0 Å². The van der Waals surface area contributed by atoms with Crippen molar-refractivity contribution >= 4 is 52.2 Å². The zero-order chi connectivity index (χ0) is 32.9. The first kappa shape index (κ1) is 31.4. The molecule has 0 bridgehead atoms. The summed E-state index contributed by atoms with van der Waals surface area (Å²) in [6, 6.07) is 16.4. The molecule has 238 valence electrons. The molecule has 4 aromatic rings. The lowest BCUT2D eigenvalue weighted by atomic mass is 9.83. The fraction of sp³-hybridized carbons (Fsp3) is 0.250. The fourth-order valence-electron chi connectivity index (χ4n) is 5.87. The number of imide groups is 1. The van der Waals surface area contributed by atoms with Crippen LogP contribution in [-0.4, -0.2) is 41.8 Å². The molecular weight excluding hydrogens is 643 g/mol. The van der Waals surface area contributed by atoms with Crippen LogP contribution >= 0.6 is 23.1 Å². The lowest BCUT2D eigenvalue weighted by molar-refractivity contribution is -0.137. The molecule has 0 radical (unpaired) electrons. The number of fused-ring (bicyclic) bond motifs is 2. The Kier molecular flexibility index (Phi) is 8.19. The van der Waals surface area contributed by atoms with Gasteiger partial charge >= 0.3 is 11.0 Å². The molecule has 1 N–H and O–H groups in total. The second kappa shape index (κ2) is 12.0. The molecule has 14 heteroatoms. The van der Waals surface area contributed by atoms with Crippen LogP contribution in [0.2, 0.25) is 0 Å². The van der Waals surface area contributed by atoms with E-state index in [2.05, 4.69) is 5.32 Å². The van der Waals surface area contributed by atoms with Crippen molar-refractivity contribution in [1.82, 2.24) is 4.57 Å². The zero-order valence-electron chi connectivity index (χ0n) is 24.6. The minimum Gasteiger partial charge on any atom is -0.493 e. The number of carbonyl (C=O) groups is 3. The van der Waals surface area contributed by atoms with Crippen LogP contribution in [0.3, 0.4) is 0 Å². The van der Waals surface area contributed by atoms with Gasteiger partial charge in [-0.2, -0.15) is 13.2 Å². The number of rotatable bonds is 7. The van der Waals surface area contributed by atoms with Crippen LogP contribution in [0.4, 0.5) is 24.5 Å². The first-order chi connectivity index (χ1) is 21.9. The second-order valence-electron chi connectivity index (χ2n) is 10.7. The van der Waals surface area contributed by atoms with E-state index in [1.165, 1.54) is 30.9 Å². The molecule has 6 rings (SSSR count). The van der Waals surface area contributed by atoms with Gasteiger partial charge in [0.1, 0.15) is 11.8 Å². The first-order valence-corrected chi connectivity index (χ1v) is 15.6. The van der Waals surface area contributed by atoms with Gasteiger partial charge in [-0.05, 0) is 54.4 Å². The minimum atomic E-state index is -4.83. The number of anilines is 2. The van der Waals surface area contributed by atoms with Crippen molar-refractivity contribution in [2.24, 2.45) is 5.92 Å². The first-order valence-electron chi connectivity index (χ1n) is 14.0. The monoisotopic (exact) mass is 669 g/mol. The number of amides is 3. The van der Waals surface area contributed by atoms with E-state index in [9.17, 15) is 32.3 Å². The summed E-state index contributed by atoms with van der Waals surface area (Å²) >= 11 is 1.73. The van der Waals surface area contributed by atoms with Crippen molar-refractivity contribution in [3.05, 3.63) is 98.0 Å². The fourth-order valence-corrected chi connectivity index (χ4v) is 8.65. The lowest BCUT2D eigenvalue weighted by Gasteiger charge is -2.31. The van der Waals surface area contributed by atoms with E-state index in [0.29, 0.717) is 37.6 Å². The van der Waals surface area contributed by atoms with Gasteiger partial charge in [-0.25, -0.2) is 4.90 Å². The number of carbonyl (C=O) groups excluding carboxylic acids is 3. The summed E-state index contributed by atoms with van der Waals surface area (Å²) in [5.74, 6) is -3.53. The number of methoxy groups -OCH3 is 2. The van der Waals surface area contributed by atoms with Gasteiger partial charge in [0.05, 0.1) is 36.4 Å². The summed E-state index contributed by atoms with van der Waals surface area (Å²) in [5.41, 5.74) is 0.252. The molecule has 46 heavy (non-hydrogen) atoms. The Morgan fingerprint density at radius 1 is 0.935 bits per heavy atom. The molecule has 9 nitrogen and oxygen atoms in total. The van der Waals surface area contributed by atoms with Crippen LogP contribution < -0.4 is 24.6 Å². The number of thioether (sulfide) groups is 1. The maximum absolute atomic E-state index is 14.1. The Hall–Kier alpha value is -4.56. The minimum absolute atomic E-state index is 0.294. The maximum Gasteiger partial charge on any atom is 0.418 e. The molecule has 3 unspecified atom stereocenters. The van der Waals surface area contributed by atoms with Crippen LogP contribution in [0.1, 0.15) is 27.5 Å². The van der Waals surface area contributed by atoms with Gasteiger partial charge in [0.25, 0.3) is 0 Å². The molecule has 3 amide bonds. The molecule has 1 fully saturated rings. The number of hydrogen-bond donors (Lipinski definition) is 1. The van der Waals surface area contributed by atoms with Gasteiger partial charge in [0.2, 0.25) is 17.7 Å². The SMILES string of the molecule is COc1ccc(C2c3sc(=O)n(CC(=O)Nc4cccc(C)c4)c3SC3C(=O)N(c4ccccc4C(F)(F)F)C(=O)C32)cc1OC. The van der Waals surface area contributed by atoms with Crippen LogP contribution in [0.15, 0.2) is 76.6 Å². The van der Waals surface area contributed by atoms with Gasteiger partial charge in [0, 0.05) is 16.5 Å². The number of nitrogens with one attached hydrogen (secondary N) is 1. The highest BCUT2D eigenvalue weighted by atomic mass is 32.2. The zero-order valence-corrected chi connectivity index (χ0v) is 26.2. The normalized spacial score (nSPS) is 19.1. The second-order valence-corrected chi connectivity index (χ2v) is 12.8. The Bertz CT molecular complexity index is 1940. The average molecular weight is 670 g/mol. The van der Waals surface area contributed by atoms with E-state index in [4.69, 9.17) is 9.47 Å². The molecule has 1 aromatic heterocycles. The molecule has 2 aliphatic heterocycles. The number of halogens is 3. The van der Waals surface area contributed by atoms with Crippen LogP contribution in [0.5, 0.6) is 11.5 Å². The van der Waals surface area contributed by atoms with Crippen molar-refractivity contribution < 1.29 is 37.0 Å². The Labute approximate surface area is 268 Å². The predicted molar refractivity (Wildman–Crippen MR) is 167 cm³/mol. The summed E-state index contributed by atoms with van der Waals surface area (Å²) in [5, 5.41) is 1.88. The summed E-state index contributed by atoms with van der Waals surface area (Å²) in [7, 11) is 2.88.